The zero-order valence-electron chi connectivity index (χ0n) is 12.3. The summed E-state index contributed by atoms with van der Waals surface area (Å²) >= 11 is 6.24. The summed E-state index contributed by atoms with van der Waals surface area (Å²) in [6.45, 7) is 9.91. The molecule has 0 amide bonds. The molecule has 0 aromatic rings. The predicted molar refractivity (Wildman–Crippen MR) is 78.9 cm³/mol. The maximum atomic E-state index is 8.73. The van der Waals surface area contributed by atoms with Gasteiger partial charge in [-0.2, -0.15) is 0 Å². The number of rotatable bonds is 3. The molecule has 0 spiro atoms. The number of halogens is 1. The van der Waals surface area contributed by atoms with Gasteiger partial charge in [-0.05, 0) is 39.0 Å². The average molecular weight is 318 g/mol. The predicted octanol–water partition coefficient (Wildman–Crippen LogP) is 3.54. The summed E-state index contributed by atoms with van der Waals surface area (Å²) < 4.78 is 17.9. The first-order valence-corrected chi connectivity index (χ1v) is 10.4. The molecular formula is C12H20ClN3O3Si. The molecule has 0 aromatic heterocycles. The van der Waals surface area contributed by atoms with Crippen LogP contribution in [0.25, 0.3) is 10.4 Å². The van der Waals surface area contributed by atoms with Crippen molar-refractivity contribution in [3.63, 3.8) is 0 Å². The Morgan fingerprint density at radius 2 is 2.05 bits per heavy atom. The van der Waals surface area contributed by atoms with Gasteiger partial charge in [-0.3, -0.25) is 0 Å². The highest BCUT2D eigenvalue weighted by molar-refractivity contribution is 6.69. The zero-order chi connectivity index (χ0) is 15.1. The topological polar surface area (TPSA) is 76.5 Å². The minimum absolute atomic E-state index is 0.357. The van der Waals surface area contributed by atoms with Gasteiger partial charge in [-0.1, -0.05) is 22.8 Å². The average Bonchev–Trinajstić information content (AvgIpc) is 2.59. The van der Waals surface area contributed by atoms with Crippen molar-refractivity contribution in [2.75, 3.05) is 0 Å². The second-order valence-electron chi connectivity index (χ2n) is 6.46. The minimum atomic E-state index is -1.83. The van der Waals surface area contributed by atoms with Crippen molar-refractivity contribution in [1.82, 2.24) is 0 Å². The van der Waals surface area contributed by atoms with E-state index in [2.05, 4.69) is 29.7 Å². The highest BCUT2D eigenvalue weighted by Gasteiger charge is 2.52. The van der Waals surface area contributed by atoms with Gasteiger partial charge in [0, 0.05) is 9.94 Å². The Hall–Kier alpha value is -0.563. The second-order valence-corrected chi connectivity index (χ2v) is 11.4. The van der Waals surface area contributed by atoms with Crippen molar-refractivity contribution >= 4 is 19.9 Å². The third-order valence-electron chi connectivity index (χ3n) is 3.07. The molecule has 0 N–H and O–H groups in total. The summed E-state index contributed by atoms with van der Waals surface area (Å²) in [4.78, 5) is 2.89. The summed E-state index contributed by atoms with van der Waals surface area (Å²) in [6, 6.07) is -0.474. The lowest BCUT2D eigenvalue weighted by atomic mass is 9.95. The van der Waals surface area contributed by atoms with E-state index in [1.807, 2.05) is 13.8 Å². The van der Waals surface area contributed by atoms with Crippen LogP contribution in [-0.2, 0) is 13.9 Å². The smallest absolute Gasteiger partial charge is 0.184 e. The molecule has 4 atom stereocenters. The summed E-state index contributed by atoms with van der Waals surface area (Å²) in [7, 11) is -1.83. The number of fused-ring (bicyclic) bond motifs is 1. The quantitative estimate of drug-likeness (QED) is 0.346. The van der Waals surface area contributed by atoms with Gasteiger partial charge in [0.15, 0.2) is 14.1 Å². The molecule has 2 rings (SSSR count). The highest BCUT2D eigenvalue weighted by atomic mass is 35.5. The lowest BCUT2D eigenvalue weighted by Gasteiger charge is -2.37. The first kappa shape index (κ1) is 15.8. The third kappa shape index (κ3) is 3.36. The van der Waals surface area contributed by atoms with E-state index in [0.29, 0.717) is 5.03 Å². The van der Waals surface area contributed by atoms with Crippen molar-refractivity contribution in [3.05, 3.63) is 21.6 Å². The summed E-state index contributed by atoms with van der Waals surface area (Å²) in [6.07, 6.45) is 0.618. The Kier molecular flexibility index (Phi) is 4.21. The van der Waals surface area contributed by atoms with Gasteiger partial charge in [0.1, 0.15) is 12.2 Å². The number of hydrogen-bond donors (Lipinski definition) is 0. The van der Waals surface area contributed by atoms with Crippen LogP contribution in [0.3, 0.4) is 0 Å². The molecule has 112 valence electrons. The Balaban J connectivity index is 2.35. The van der Waals surface area contributed by atoms with Gasteiger partial charge in [0.25, 0.3) is 0 Å². The number of azide groups is 1. The van der Waals surface area contributed by atoms with Gasteiger partial charge in [0.2, 0.25) is 0 Å². The molecule has 1 saturated heterocycles. The molecule has 0 radical (unpaired) electrons. The van der Waals surface area contributed by atoms with E-state index in [-0.39, 0.29) is 18.3 Å². The molecule has 20 heavy (non-hydrogen) atoms. The van der Waals surface area contributed by atoms with E-state index in [4.69, 9.17) is 31.0 Å². The normalized spacial score (nSPS) is 36.0. The molecule has 1 heterocycles. The lowest BCUT2D eigenvalue weighted by molar-refractivity contribution is -0.152. The Morgan fingerprint density at radius 3 is 2.60 bits per heavy atom. The van der Waals surface area contributed by atoms with Crippen LogP contribution in [0.4, 0.5) is 0 Å². The first-order chi connectivity index (χ1) is 9.13. The molecule has 0 aromatic carbocycles. The standard InChI is InChI=1S/C12H20ClN3O3Si/c1-12(2)17-9-7(13)6-8(15-16-14)10(11(9)18-12)19-20(3,4)5/h6,8-11H,1-5H3/t8-,9-,10-,11-/m1/s1. The molecule has 0 unspecified atom stereocenters. The molecule has 1 fully saturated rings. The van der Waals surface area contributed by atoms with Crippen LogP contribution >= 0.6 is 11.6 Å². The summed E-state index contributed by atoms with van der Waals surface area (Å²) in [5, 5.41) is 4.30. The minimum Gasteiger partial charge on any atom is -0.411 e. The second kappa shape index (κ2) is 5.33. The van der Waals surface area contributed by atoms with Crippen molar-refractivity contribution in [1.29, 1.82) is 0 Å². The SMILES string of the molecule is CC1(C)O[C@H]2[C@H](O[Si](C)(C)C)[C@H](N=[N+]=[N-])C=C(Cl)[C@H]2O1. The number of ether oxygens (including phenoxy) is 2. The monoisotopic (exact) mass is 317 g/mol. The maximum absolute atomic E-state index is 8.73. The first-order valence-electron chi connectivity index (χ1n) is 6.58. The molecule has 8 heteroatoms. The van der Waals surface area contributed by atoms with Crippen LogP contribution in [0, 0.1) is 0 Å². The fourth-order valence-electron chi connectivity index (χ4n) is 2.49. The fraction of sp³-hybridized carbons (Fsp3) is 0.833. The van der Waals surface area contributed by atoms with E-state index >= 15 is 0 Å². The lowest BCUT2D eigenvalue weighted by Crippen LogP contribution is -2.51. The van der Waals surface area contributed by atoms with E-state index in [1.165, 1.54) is 0 Å². The number of nitrogens with zero attached hydrogens (tertiary/aromatic N) is 3. The Labute approximate surface area is 124 Å². The van der Waals surface area contributed by atoms with Crippen molar-refractivity contribution < 1.29 is 13.9 Å². The van der Waals surface area contributed by atoms with Gasteiger partial charge < -0.3 is 13.9 Å². The van der Waals surface area contributed by atoms with Crippen LogP contribution < -0.4 is 0 Å². The van der Waals surface area contributed by atoms with Crippen LogP contribution in [0.15, 0.2) is 16.2 Å². The molecule has 6 nitrogen and oxygen atoms in total. The van der Waals surface area contributed by atoms with Crippen LogP contribution in [0.1, 0.15) is 13.8 Å². The number of hydrogen-bond acceptors (Lipinski definition) is 4. The van der Waals surface area contributed by atoms with Gasteiger partial charge in [0.05, 0.1) is 12.1 Å². The molecule has 0 bridgehead atoms. The third-order valence-corrected chi connectivity index (χ3v) is 4.39. The largest absolute Gasteiger partial charge is 0.411 e. The van der Waals surface area contributed by atoms with Crippen molar-refractivity contribution in [2.45, 2.75) is 63.6 Å². The van der Waals surface area contributed by atoms with E-state index in [9.17, 15) is 0 Å². The molecule has 1 aliphatic carbocycles. The maximum Gasteiger partial charge on any atom is 0.184 e. The fourth-order valence-corrected chi connectivity index (χ4v) is 3.88. The van der Waals surface area contributed by atoms with Crippen LogP contribution in [0.2, 0.25) is 19.6 Å². The summed E-state index contributed by atoms with van der Waals surface area (Å²) in [5.41, 5.74) is 8.73. The molecule has 2 aliphatic rings. The van der Waals surface area contributed by atoms with Gasteiger partial charge in [-0.15, -0.1) is 0 Å². The van der Waals surface area contributed by atoms with Gasteiger partial charge in [-0.25, -0.2) is 0 Å². The van der Waals surface area contributed by atoms with E-state index < -0.39 is 20.1 Å². The van der Waals surface area contributed by atoms with Crippen molar-refractivity contribution in [3.8, 4) is 0 Å². The Morgan fingerprint density at radius 1 is 1.40 bits per heavy atom. The van der Waals surface area contributed by atoms with E-state index in [1.54, 1.807) is 6.08 Å². The van der Waals surface area contributed by atoms with Gasteiger partial charge >= 0.3 is 0 Å². The summed E-state index contributed by atoms with van der Waals surface area (Å²) in [5.74, 6) is -0.727. The van der Waals surface area contributed by atoms with Crippen LogP contribution in [0.5, 0.6) is 0 Å². The van der Waals surface area contributed by atoms with Crippen LogP contribution in [-0.4, -0.2) is 38.5 Å². The molecule has 1 aliphatic heterocycles. The Bertz CT molecular complexity index is 471. The van der Waals surface area contributed by atoms with E-state index in [0.717, 1.165) is 0 Å². The van der Waals surface area contributed by atoms with Crippen molar-refractivity contribution in [2.24, 2.45) is 5.11 Å². The molecule has 0 saturated carbocycles. The highest BCUT2D eigenvalue weighted by Crippen LogP contribution is 2.41. The molecular weight excluding hydrogens is 298 g/mol. The zero-order valence-corrected chi connectivity index (χ0v) is 14.1.